The predicted molar refractivity (Wildman–Crippen MR) is 227 cm³/mol. The quantitative estimate of drug-likeness (QED) is 0.0974. The molecule has 13 nitrogen and oxygen atoms in total. The fourth-order valence-corrected chi connectivity index (χ4v) is 9.13. The van der Waals surface area contributed by atoms with E-state index in [1.165, 1.54) is 7.11 Å². The van der Waals surface area contributed by atoms with Gasteiger partial charge in [0.1, 0.15) is 30.0 Å². The molecule has 3 aromatic carbocycles. The minimum atomic E-state index is -0.714. The van der Waals surface area contributed by atoms with Crippen molar-refractivity contribution < 1.29 is 28.6 Å². The number of imidazole rings is 2. The maximum Gasteiger partial charge on any atom is 0.407 e. The molecule has 8 rings (SSSR count). The molecule has 13 heteroatoms. The van der Waals surface area contributed by atoms with Gasteiger partial charge in [-0.2, -0.15) is 0 Å². The number of carbonyl (C=O) groups is 3. The Kier molecular flexibility index (Phi) is 11.4. The Labute approximate surface area is 345 Å². The molecule has 0 bridgehead atoms. The summed E-state index contributed by atoms with van der Waals surface area (Å²) in [6.07, 6.45) is 7.93. The molecule has 2 saturated heterocycles. The standard InChI is InChI=1S/C46H57N7O6/c1-7-8-9-35(48-39(54)23-46(5)16-18-58-19-17-46)42-47-24-36(50-42)29-11-13-31-30(20-29)25-59-38-22-32-28(21-33(31)38)12-14-34-41(32)51-43(49-34)37-15-10-27(4)53(37)44(55)40(26(2)3)52-45(56)57-6/h11-14,20-22,24,26-27,35,37,40H,7-10,15-19,23,25H2,1-6H3,(H,47,50)(H,48,54)(H,49,51)(H,52,56). The first kappa shape index (κ1) is 40.4. The van der Waals surface area contributed by atoms with E-state index in [2.05, 4.69) is 70.8 Å². The van der Waals surface area contributed by atoms with Crippen LogP contribution in [0.2, 0.25) is 0 Å². The van der Waals surface area contributed by atoms with Crippen molar-refractivity contribution in [2.45, 2.75) is 117 Å². The van der Waals surface area contributed by atoms with Gasteiger partial charge in [-0.1, -0.05) is 58.7 Å². The number of aromatic nitrogens is 4. The van der Waals surface area contributed by atoms with Gasteiger partial charge >= 0.3 is 6.09 Å². The van der Waals surface area contributed by atoms with E-state index >= 15 is 0 Å². The highest BCUT2D eigenvalue weighted by Crippen LogP contribution is 2.44. The molecule has 5 heterocycles. The van der Waals surface area contributed by atoms with Crippen LogP contribution in [-0.2, 0) is 25.7 Å². The van der Waals surface area contributed by atoms with E-state index in [0.29, 0.717) is 26.2 Å². The zero-order valence-electron chi connectivity index (χ0n) is 35.1. The van der Waals surface area contributed by atoms with Crippen molar-refractivity contribution in [2.75, 3.05) is 20.3 Å². The number of methoxy groups -OCH3 is 1. The number of nitrogens with zero attached hydrogens (tertiary/aromatic N) is 3. The normalized spacial score (nSPS) is 19.5. The average molecular weight is 804 g/mol. The number of rotatable bonds is 12. The molecule has 59 heavy (non-hydrogen) atoms. The van der Waals surface area contributed by atoms with E-state index in [1.54, 1.807) is 0 Å². The van der Waals surface area contributed by atoms with E-state index in [0.717, 1.165) is 112 Å². The molecule has 3 aliphatic heterocycles. The summed E-state index contributed by atoms with van der Waals surface area (Å²) >= 11 is 0. The van der Waals surface area contributed by atoms with E-state index in [1.807, 2.05) is 37.9 Å². The Morgan fingerprint density at radius 2 is 1.85 bits per heavy atom. The predicted octanol–water partition coefficient (Wildman–Crippen LogP) is 8.65. The van der Waals surface area contributed by atoms with Crippen molar-refractivity contribution in [1.29, 1.82) is 0 Å². The lowest BCUT2D eigenvalue weighted by Gasteiger charge is -2.33. The molecule has 0 aliphatic carbocycles. The van der Waals surface area contributed by atoms with Crippen LogP contribution >= 0.6 is 0 Å². The maximum absolute atomic E-state index is 14.0. The van der Waals surface area contributed by atoms with Crippen LogP contribution in [0.3, 0.4) is 0 Å². The van der Waals surface area contributed by atoms with Gasteiger partial charge in [0, 0.05) is 36.6 Å². The SMILES string of the molecule is CCCCC(NC(=O)CC1(C)CCOCC1)c1ncc(-c2ccc3c(c2)COc2cc4c(ccc5[nH]c(C6CCC(C)N6C(=O)C(NC(=O)OC)C(C)C)nc54)cc2-3)[nH]1. The summed E-state index contributed by atoms with van der Waals surface area (Å²) < 4.78 is 16.8. The number of hydrogen-bond acceptors (Lipinski definition) is 8. The third-order valence-corrected chi connectivity index (χ3v) is 12.7. The number of amides is 3. The molecule has 5 aromatic rings. The van der Waals surface area contributed by atoms with Gasteiger partial charge < -0.3 is 39.7 Å². The van der Waals surface area contributed by atoms with Gasteiger partial charge in [-0.15, -0.1) is 0 Å². The van der Waals surface area contributed by atoms with Gasteiger partial charge in [-0.25, -0.2) is 14.8 Å². The van der Waals surface area contributed by atoms with Crippen molar-refractivity contribution in [3.63, 3.8) is 0 Å². The molecule has 3 amide bonds. The number of aromatic amines is 2. The van der Waals surface area contributed by atoms with Crippen LogP contribution < -0.4 is 15.4 Å². The largest absolute Gasteiger partial charge is 0.488 e. The van der Waals surface area contributed by atoms with Crippen LogP contribution in [0, 0.1) is 11.3 Å². The number of unbranched alkanes of at least 4 members (excludes halogenated alkanes) is 1. The van der Waals surface area contributed by atoms with Crippen molar-refractivity contribution >= 4 is 39.7 Å². The number of ether oxygens (including phenoxy) is 3. The number of H-pyrrole nitrogens is 2. The third kappa shape index (κ3) is 8.13. The summed E-state index contributed by atoms with van der Waals surface area (Å²) in [4.78, 5) is 58.2. The number of carbonyl (C=O) groups excluding carboxylic acids is 3. The fraction of sp³-hybridized carbons (Fsp3) is 0.500. The zero-order valence-corrected chi connectivity index (χ0v) is 35.1. The topological polar surface area (TPSA) is 164 Å². The molecule has 0 radical (unpaired) electrons. The fourth-order valence-electron chi connectivity index (χ4n) is 9.13. The van der Waals surface area contributed by atoms with Crippen LogP contribution in [-0.4, -0.2) is 75.2 Å². The van der Waals surface area contributed by atoms with Gasteiger partial charge in [-0.3, -0.25) is 9.59 Å². The summed E-state index contributed by atoms with van der Waals surface area (Å²) in [5, 5.41) is 8.05. The molecular formula is C46H57N7O6. The second kappa shape index (κ2) is 16.7. The number of benzene rings is 3. The second-order valence-corrected chi connectivity index (χ2v) is 17.4. The Bertz CT molecular complexity index is 2360. The van der Waals surface area contributed by atoms with Gasteiger partial charge in [0.05, 0.1) is 42.1 Å². The van der Waals surface area contributed by atoms with Crippen LogP contribution in [0.1, 0.15) is 115 Å². The van der Waals surface area contributed by atoms with E-state index in [4.69, 9.17) is 24.2 Å². The van der Waals surface area contributed by atoms with Crippen molar-refractivity contribution in [2.24, 2.45) is 11.3 Å². The van der Waals surface area contributed by atoms with Crippen LogP contribution in [0.15, 0.2) is 48.7 Å². The van der Waals surface area contributed by atoms with Gasteiger partial charge in [0.15, 0.2) is 0 Å². The molecule has 4 N–H and O–H groups in total. The first-order valence-electron chi connectivity index (χ1n) is 21.3. The highest BCUT2D eigenvalue weighted by Gasteiger charge is 2.41. The highest BCUT2D eigenvalue weighted by atomic mass is 16.5. The van der Waals surface area contributed by atoms with Gasteiger partial charge in [-0.05, 0) is 96.7 Å². The number of hydrogen-bond donors (Lipinski definition) is 4. The van der Waals surface area contributed by atoms with Gasteiger partial charge in [0.2, 0.25) is 11.8 Å². The summed E-state index contributed by atoms with van der Waals surface area (Å²) in [5.74, 6) is 2.09. The van der Waals surface area contributed by atoms with E-state index < -0.39 is 12.1 Å². The summed E-state index contributed by atoms with van der Waals surface area (Å²) in [6, 6.07) is 13.7. The first-order chi connectivity index (χ1) is 28.4. The van der Waals surface area contributed by atoms with Crippen LogP contribution in [0.5, 0.6) is 5.75 Å². The maximum atomic E-state index is 14.0. The number of fused-ring (bicyclic) bond motifs is 6. The lowest BCUT2D eigenvalue weighted by Crippen LogP contribution is -2.52. The molecule has 4 unspecified atom stereocenters. The molecule has 312 valence electrons. The Balaban J connectivity index is 1.03. The van der Waals surface area contributed by atoms with Crippen molar-refractivity contribution in [1.82, 2.24) is 35.5 Å². The molecule has 3 aliphatic rings. The molecule has 4 atom stereocenters. The van der Waals surface area contributed by atoms with E-state index in [9.17, 15) is 14.4 Å². The monoisotopic (exact) mass is 803 g/mol. The third-order valence-electron chi connectivity index (χ3n) is 12.7. The summed E-state index contributed by atoms with van der Waals surface area (Å²) in [7, 11) is 1.30. The molecule has 2 aromatic heterocycles. The van der Waals surface area contributed by atoms with Crippen molar-refractivity contribution in [3.05, 3.63) is 65.9 Å². The zero-order chi connectivity index (χ0) is 41.4. The van der Waals surface area contributed by atoms with Crippen molar-refractivity contribution in [3.8, 4) is 28.1 Å². The highest BCUT2D eigenvalue weighted by molar-refractivity contribution is 6.07. The Morgan fingerprint density at radius 1 is 1.03 bits per heavy atom. The number of likely N-dealkylation sites (tertiary alicyclic amines) is 1. The van der Waals surface area contributed by atoms with Crippen LogP contribution in [0.4, 0.5) is 4.79 Å². The molecule has 0 saturated carbocycles. The minimum Gasteiger partial charge on any atom is -0.488 e. The summed E-state index contributed by atoms with van der Waals surface area (Å²) in [6.45, 7) is 12.1. The number of alkyl carbamates (subject to hydrolysis) is 1. The molecule has 2 fully saturated rings. The van der Waals surface area contributed by atoms with Crippen LogP contribution in [0.25, 0.3) is 44.2 Å². The second-order valence-electron chi connectivity index (χ2n) is 17.4. The first-order valence-corrected chi connectivity index (χ1v) is 21.3. The Morgan fingerprint density at radius 3 is 2.61 bits per heavy atom. The Hall–Kier alpha value is -5.43. The molecular weight excluding hydrogens is 747 g/mol. The smallest absolute Gasteiger partial charge is 0.407 e. The lowest BCUT2D eigenvalue weighted by atomic mass is 9.79. The minimum absolute atomic E-state index is 0.0130. The number of nitrogens with one attached hydrogen (secondary N) is 4. The van der Waals surface area contributed by atoms with E-state index in [-0.39, 0.29) is 41.3 Å². The molecule has 0 spiro atoms. The average Bonchev–Trinajstić information content (AvgIpc) is 3.99. The lowest BCUT2D eigenvalue weighted by molar-refractivity contribution is -0.137. The summed E-state index contributed by atoms with van der Waals surface area (Å²) in [5.41, 5.74) is 6.79. The van der Waals surface area contributed by atoms with Gasteiger partial charge in [0.25, 0.3) is 0 Å².